The van der Waals surface area contributed by atoms with Crippen LogP contribution in [0, 0.1) is 0 Å². The summed E-state index contributed by atoms with van der Waals surface area (Å²) in [4.78, 5) is 14.7. The number of anilines is 1. The van der Waals surface area contributed by atoms with E-state index in [0.29, 0.717) is 19.1 Å². The number of piperidine rings is 1. The molecule has 0 radical (unpaired) electrons. The van der Waals surface area contributed by atoms with E-state index in [1.54, 1.807) is 0 Å². The van der Waals surface area contributed by atoms with Gasteiger partial charge in [0, 0.05) is 49.5 Å². The highest BCUT2D eigenvalue weighted by Gasteiger charge is 2.35. The molecule has 1 aromatic heterocycles. The number of hydrogen-bond donors (Lipinski definition) is 0. The molecule has 168 valence electrons. The average molecular weight is 454 g/mol. The van der Waals surface area contributed by atoms with Crippen molar-refractivity contribution >= 4 is 17.5 Å². The van der Waals surface area contributed by atoms with Gasteiger partial charge in [0.2, 0.25) is 5.95 Å². The predicted molar refractivity (Wildman–Crippen MR) is 115 cm³/mol. The molecule has 2 aliphatic heterocycles. The monoisotopic (exact) mass is 453 g/mol. The third kappa shape index (κ3) is 5.48. The van der Waals surface area contributed by atoms with Gasteiger partial charge in [0.1, 0.15) is 5.69 Å². The molecule has 0 saturated carbocycles. The van der Waals surface area contributed by atoms with Crippen LogP contribution < -0.4 is 4.90 Å². The molecule has 0 N–H and O–H groups in total. The molecular formula is C22H27ClF3N5. The van der Waals surface area contributed by atoms with Gasteiger partial charge in [-0.3, -0.25) is 9.80 Å². The minimum Gasteiger partial charge on any atom is -0.338 e. The third-order valence-corrected chi connectivity index (χ3v) is 6.49. The van der Waals surface area contributed by atoms with Gasteiger partial charge in [0.15, 0.2) is 0 Å². The van der Waals surface area contributed by atoms with Crippen molar-refractivity contribution in [2.45, 2.75) is 44.6 Å². The summed E-state index contributed by atoms with van der Waals surface area (Å²) >= 11 is 5.97. The highest BCUT2D eigenvalue weighted by molar-refractivity contribution is 6.30. The van der Waals surface area contributed by atoms with Crippen LogP contribution in [0.15, 0.2) is 36.5 Å². The second-order valence-corrected chi connectivity index (χ2v) is 8.84. The second kappa shape index (κ2) is 9.30. The normalized spacial score (nSPS) is 22.1. The second-order valence-electron chi connectivity index (χ2n) is 8.41. The molecule has 0 spiro atoms. The zero-order valence-electron chi connectivity index (χ0n) is 17.5. The molecule has 0 aliphatic carbocycles. The van der Waals surface area contributed by atoms with Crippen molar-refractivity contribution in [1.82, 2.24) is 19.8 Å². The Labute approximate surface area is 185 Å². The molecule has 2 fully saturated rings. The first-order valence-corrected chi connectivity index (χ1v) is 11.0. The van der Waals surface area contributed by atoms with Gasteiger partial charge in [0.25, 0.3) is 0 Å². The van der Waals surface area contributed by atoms with E-state index in [0.717, 1.165) is 50.1 Å². The van der Waals surface area contributed by atoms with E-state index in [9.17, 15) is 13.2 Å². The molecule has 5 nitrogen and oxygen atoms in total. The Morgan fingerprint density at radius 1 is 1.03 bits per heavy atom. The number of hydrogen-bond acceptors (Lipinski definition) is 5. The molecule has 1 atom stereocenters. The molecule has 2 aromatic rings. The Kier molecular flexibility index (Phi) is 6.69. The Morgan fingerprint density at radius 3 is 2.39 bits per heavy atom. The average Bonchev–Trinajstić information content (AvgIpc) is 2.75. The topological polar surface area (TPSA) is 35.5 Å². The van der Waals surface area contributed by atoms with E-state index >= 15 is 0 Å². The molecule has 31 heavy (non-hydrogen) atoms. The van der Waals surface area contributed by atoms with Crippen molar-refractivity contribution in [3.05, 3.63) is 52.8 Å². The van der Waals surface area contributed by atoms with Crippen molar-refractivity contribution in [2.75, 3.05) is 37.6 Å². The predicted octanol–water partition coefficient (Wildman–Crippen LogP) is 4.32. The standard InChI is InChI=1S/C22H27ClF3N5/c1-16-14-30(21-27-9-6-20(28-21)22(24,25)26)12-13-31(16)19-7-10-29(11-8-19)15-17-2-4-18(23)5-3-17/h2-6,9,16,19H,7-8,10-15H2,1H3/t16-/m0/s1. The van der Waals surface area contributed by atoms with Crippen molar-refractivity contribution in [3.63, 3.8) is 0 Å². The number of alkyl halides is 3. The van der Waals surface area contributed by atoms with E-state index in [1.165, 1.54) is 11.8 Å². The minimum atomic E-state index is -4.45. The Balaban J connectivity index is 1.30. The number of nitrogens with zero attached hydrogens (tertiary/aromatic N) is 5. The first-order valence-electron chi connectivity index (χ1n) is 10.7. The summed E-state index contributed by atoms with van der Waals surface area (Å²) in [7, 11) is 0. The molecular weight excluding hydrogens is 427 g/mol. The summed E-state index contributed by atoms with van der Waals surface area (Å²) in [6.07, 6.45) is -1.07. The first-order chi connectivity index (χ1) is 14.8. The zero-order valence-corrected chi connectivity index (χ0v) is 18.3. The Hall–Kier alpha value is -1.90. The summed E-state index contributed by atoms with van der Waals surface area (Å²) < 4.78 is 38.9. The SMILES string of the molecule is C[C@H]1CN(c2nccc(C(F)(F)F)n2)CCN1C1CCN(Cc2ccc(Cl)cc2)CC1. The summed E-state index contributed by atoms with van der Waals surface area (Å²) in [6.45, 7) is 7.22. The van der Waals surface area contributed by atoms with Crippen LogP contribution in [0.2, 0.25) is 5.02 Å². The Morgan fingerprint density at radius 2 is 1.74 bits per heavy atom. The largest absolute Gasteiger partial charge is 0.433 e. The highest BCUT2D eigenvalue weighted by atomic mass is 35.5. The Bertz CT molecular complexity index is 868. The lowest BCUT2D eigenvalue weighted by Gasteiger charge is -2.46. The first kappa shape index (κ1) is 22.3. The van der Waals surface area contributed by atoms with Crippen LogP contribution in [0.25, 0.3) is 0 Å². The molecule has 3 heterocycles. The van der Waals surface area contributed by atoms with Crippen LogP contribution in [0.1, 0.15) is 31.0 Å². The zero-order chi connectivity index (χ0) is 22.0. The van der Waals surface area contributed by atoms with Crippen LogP contribution in [0.4, 0.5) is 19.1 Å². The van der Waals surface area contributed by atoms with Crippen LogP contribution in [-0.2, 0) is 12.7 Å². The maximum Gasteiger partial charge on any atom is 0.433 e. The van der Waals surface area contributed by atoms with Gasteiger partial charge in [-0.05, 0) is 56.6 Å². The number of aromatic nitrogens is 2. The smallest absolute Gasteiger partial charge is 0.338 e. The van der Waals surface area contributed by atoms with Crippen molar-refractivity contribution in [1.29, 1.82) is 0 Å². The maximum absolute atomic E-state index is 13.0. The van der Waals surface area contributed by atoms with Gasteiger partial charge in [-0.1, -0.05) is 23.7 Å². The molecule has 0 amide bonds. The lowest BCUT2D eigenvalue weighted by atomic mass is 9.99. The van der Waals surface area contributed by atoms with Gasteiger partial charge in [-0.2, -0.15) is 13.2 Å². The fourth-order valence-corrected chi connectivity index (χ4v) is 4.74. The quantitative estimate of drug-likeness (QED) is 0.688. The molecule has 9 heteroatoms. The molecule has 2 saturated heterocycles. The molecule has 4 rings (SSSR count). The minimum absolute atomic E-state index is 0.166. The lowest BCUT2D eigenvalue weighted by molar-refractivity contribution is -0.141. The fourth-order valence-electron chi connectivity index (χ4n) is 4.61. The summed E-state index contributed by atoms with van der Waals surface area (Å²) in [5.74, 6) is 0.166. The summed E-state index contributed by atoms with van der Waals surface area (Å²) in [5, 5.41) is 0.756. The number of likely N-dealkylation sites (tertiary alicyclic amines) is 1. The van der Waals surface area contributed by atoms with Gasteiger partial charge in [-0.25, -0.2) is 9.97 Å². The van der Waals surface area contributed by atoms with Crippen molar-refractivity contribution < 1.29 is 13.2 Å². The molecule has 0 bridgehead atoms. The van der Waals surface area contributed by atoms with Crippen molar-refractivity contribution in [3.8, 4) is 0 Å². The van der Waals surface area contributed by atoms with E-state index in [1.807, 2.05) is 17.0 Å². The van der Waals surface area contributed by atoms with Gasteiger partial charge >= 0.3 is 6.18 Å². The summed E-state index contributed by atoms with van der Waals surface area (Å²) in [6, 6.07) is 9.66. The van der Waals surface area contributed by atoms with E-state index in [4.69, 9.17) is 11.6 Å². The van der Waals surface area contributed by atoms with E-state index < -0.39 is 11.9 Å². The number of piperazine rings is 1. The van der Waals surface area contributed by atoms with Crippen LogP contribution in [0.3, 0.4) is 0 Å². The van der Waals surface area contributed by atoms with Gasteiger partial charge < -0.3 is 4.90 Å². The van der Waals surface area contributed by atoms with Crippen LogP contribution in [-0.4, -0.2) is 64.6 Å². The number of rotatable bonds is 4. The fraction of sp³-hybridized carbons (Fsp3) is 0.545. The van der Waals surface area contributed by atoms with E-state index in [-0.39, 0.29) is 12.0 Å². The molecule has 2 aliphatic rings. The van der Waals surface area contributed by atoms with Gasteiger partial charge in [0.05, 0.1) is 0 Å². The number of benzene rings is 1. The highest BCUT2D eigenvalue weighted by Crippen LogP contribution is 2.29. The maximum atomic E-state index is 13.0. The van der Waals surface area contributed by atoms with Gasteiger partial charge in [-0.15, -0.1) is 0 Å². The lowest BCUT2D eigenvalue weighted by Crippen LogP contribution is -2.57. The number of halogens is 4. The van der Waals surface area contributed by atoms with E-state index in [2.05, 4.69) is 38.8 Å². The van der Waals surface area contributed by atoms with Crippen LogP contribution >= 0.6 is 11.6 Å². The van der Waals surface area contributed by atoms with Crippen LogP contribution in [0.5, 0.6) is 0 Å². The molecule has 0 unspecified atom stereocenters. The third-order valence-electron chi connectivity index (χ3n) is 6.24. The summed E-state index contributed by atoms with van der Waals surface area (Å²) in [5.41, 5.74) is 0.381. The van der Waals surface area contributed by atoms with Crippen molar-refractivity contribution in [2.24, 2.45) is 0 Å². The molecule has 1 aromatic carbocycles.